The summed E-state index contributed by atoms with van der Waals surface area (Å²) < 4.78 is 12.8. The molecule has 0 bridgehead atoms. The van der Waals surface area contributed by atoms with Gasteiger partial charge in [-0.25, -0.2) is 4.39 Å². The highest BCUT2D eigenvalue weighted by Crippen LogP contribution is 2.33. The maximum absolute atomic E-state index is 12.8. The van der Waals surface area contributed by atoms with Crippen LogP contribution >= 0.6 is 0 Å². The summed E-state index contributed by atoms with van der Waals surface area (Å²) in [6.07, 6.45) is 5.81. The smallest absolute Gasteiger partial charge is 0.248 e. The van der Waals surface area contributed by atoms with Crippen molar-refractivity contribution in [1.29, 1.82) is 0 Å². The third-order valence-corrected chi connectivity index (χ3v) is 4.87. The highest BCUT2D eigenvalue weighted by atomic mass is 19.1. The van der Waals surface area contributed by atoms with Crippen molar-refractivity contribution in [2.75, 3.05) is 13.2 Å². The molecule has 2 amide bonds. The van der Waals surface area contributed by atoms with Crippen LogP contribution in [0.2, 0.25) is 0 Å². The van der Waals surface area contributed by atoms with E-state index in [1.165, 1.54) is 11.3 Å². The van der Waals surface area contributed by atoms with Gasteiger partial charge >= 0.3 is 0 Å². The second kappa shape index (κ2) is 6.10. The van der Waals surface area contributed by atoms with E-state index < -0.39 is 18.3 Å². The molecule has 1 aliphatic carbocycles. The maximum atomic E-state index is 12.8. The van der Waals surface area contributed by atoms with Gasteiger partial charge in [-0.1, -0.05) is 26.2 Å². The van der Waals surface area contributed by atoms with Gasteiger partial charge in [0.1, 0.15) is 18.3 Å². The number of hydrogen-bond acceptors (Lipinski definition) is 2. The number of rotatable bonds is 4. The molecule has 20 heavy (non-hydrogen) atoms. The van der Waals surface area contributed by atoms with Crippen molar-refractivity contribution in [1.82, 2.24) is 10.2 Å². The summed E-state index contributed by atoms with van der Waals surface area (Å²) in [5, 5.41) is 2.88. The second-order valence-corrected chi connectivity index (χ2v) is 6.21. The molecule has 2 unspecified atom stereocenters. The lowest BCUT2D eigenvalue weighted by Crippen LogP contribution is -2.70. The lowest BCUT2D eigenvalue weighted by Gasteiger charge is -2.47. The van der Waals surface area contributed by atoms with Crippen LogP contribution < -0.4 is 5.32 Å². The van der Waals surface area contributed by atoms with Crippen molar-refractivity contribution >= 4 is 11.8 Å². The van der Waals surface area contributed by atoms with Gasteiger partial charge in [0, 0.05) is 6.54 Å². The fourth-order valence-electron chi connectivity index (χ4n) is 3.47. The van der Waals surface area contributed by atoms with Gasteiger partial charge in [0.05, 0.1) is 0 Å². The van der Waals surface area contributed by atoms with Crippen LogP contribution in [0.5, 0.6) is 0 Å². The van der Waals surface area contributed by atoms with E-state index in [0.29, 0.717) is 6.42 Å². The van der Waals surface area contributed by atoms with Crippen LogP contribution in [0.4, 0.5) is 4.39 Å². The molecule has 1 N–H and O–H groups in total. The van der Waals surface area contributed by atoms with E-state index in [9.17, 15) is 14.0 Å². The Morgan fingerprint density at radius 2 is 1.95 bits per heavy atom. The molecule has 0 aromatic carbocycles. The zero-order valence-electron chi connectivity index (χ0n) is 12.5. The molecule has 2 rings (SSSR count). The average Bonchev–Trinajstić information content (AvgIpc) is 2.46. The second-order valence-electron chi connectivity index (χ2n) is 6.21. The standard InChI is InChI=1S/C15H25FN2O2/c1-3-15(2)14(20)18(10-9-16)12(13(19)17-15)11-7-5-4-6-8-11/h11-12H,3-10H2,1-2H3,(H,17,19). The molecule has 0 radical (unpaired) electrons. The van der Waals surface area contributed by atoms with Gasteiger partial charge in [0.25, 0.3) is 0 Å². The lowest BCUT2D eigenvalue weighted by molar-refractivity contribution is -0.157. The van der Waals surface area contributed by atoms with Crippen molar-refractivity contribution in [3.63, 3.8) is 0 Å². The molecule has 4 nitrogen and oxygen atoms in total. The molecular weight excluding hydrogens is 259 g/mol. The topological polar surface area (TPSA) is 49.4 Å². The van der Waals surface area contributed by atoms with Gasteiger partial charge in [-0.2, -0.15) is 0 Å². The minimum Gasteiger partial charge on any atom is -0.340 e. The van der Waals surface area contributed by atoms with Crippen LogP contribution in [0.3, 0.4) is 0 Å². The van der Waals surface area contributed by atoms with Gasteiger partial charge in [-0.3, -0.25) is 9.59 Å². The van der Waals surface area contributed by atoms with E-state index in [1.54, 1.807) is 6.92 Å². The van der Waals surface area contributed by atoms with Crippen molar-refractivity contribution < 1.29 is 14.0 Å². The normalized spacial score (nSPS) is 32.4. The average molecular weight is 284 g/mol. The lowest BCUT2D eigenvalue weighted by atomic mass is 9.80. The number of amides is 2. The monoisotopic (exact) mass is 284 g/mol. The first-order valence-electron chi connectivity index (χ1n) is 7.72. The Balaban J connectivity index is 2.24. The molecule has 1 saturated carbocycles. The molecule has 0 aromatic rings. The fraction of sp³-hybridized carbons (Fsp3) is 0.867. The van der Waals surface area contributed by atoms with Gasteiger partial charge < -0.3 is 10.2 Å². The van der Waals surface area contributed by atoms with Crippen LogP contribution in [0, 0.1) is 5.92 Å². The summed E-state index contributed by atoms with van der Waals surface area (Å²) >= 11 is 0. The third kappa shape index (κ3) is 2.67. The molecule has 1 heterocycles. The number of nitrogens with one attached hydrogen (secondary N) is 1. The number of hydrogen-bond donors (Lipinski definition) is 1. The van der Waals surface area contributed by atoms with Gasteiger partial charge in [-0.15, -0.1) is 0 Å². The first-order valence-corrected chi connectivity index (χ1v) is 7.72. The highest BCUT2D eigenvalue weighted by molar-refractivity contribution is 5.99. The Labute approximate surface area is 120 Å². The van der Waals surface area contributed by atoms with E-state index in [2.05, 4.69) is 5.32 Å². The molecule has 2 fully saturated rings. The highest BCUT2D eigenvalue weighted by Gasteiger charge is 2.49. The Morgan fingerprint density at radius 3 is 2.50 bits per heavy atom. The van der Waals surface area contributed by atoms with Crippen LogP contribution in [0.1, 0.15) is 52.4 Å². The Bertz CT molecular complexity index is 382. The van der Waals surface area contributed by atoms with E-state index in [1.807, 2.05) is 6.92 Å². The van der Waals surface area contributed by atoms with Crippen LogP contribution in [0.25, 0.3) is 0 Å². The SMILES string of the molecule is CCC1(C)NC(=O)C(C2CCCCC2)N(CCF)C1=O. The molecule has 0 spiro atoms. The fourth-order valence-corrected chi connectivity index (χ4v) is 3.47. The number of halogens is 1. The summed E-state index contributed by atoms with van der Waals surface area (Å²) in [4.78, 5) is 26.6. The number of carbonyl (C=O) groups excluding carboxylic acids is 2. The molecule has 5 heteroatoms. The predicted octanol–water partition coefficient (Wildman–Crippen LogP) is 2.03. The Kier molecular flexibility index (Phi) is 4.66. The summed E-state index contributed by atoms with van der Waals surface area (Å²) in [6.45, 7) is 3.04. The maximum Gasteiger partial charge on any atom is 0.248 e. The van der Waals surface area contributed by atoms with E-state index in [-0.39, 0.29) is 24.3 Å². The summed E-state index contributed by atoms with van der Waals surface area (Å²) in [5.74, 6) is -0.0530. The summed E-state index contributed by atoms with van der Waals surface area (Å²) in [5.41, 5.74) is -0.878. The number of nitrogens with zero attached hydrogens (tertiary/aromatic N) is 1. The minimum absolute atomic E-state index is 0.0308. The zero-order chi connectivity index (χ0) is 14.8. The van der Waals surface area contributed by atoms with E-state index in [4.69, 9.17) is 0 Å². The van der Waals surface area contributed by atoms with Crippen molar-refractivity contribution in [2.24, 2.45) is 5.92 Å². The predicted molar refractivity (Wildman–Crippen MR) is 74.9 cm³/mol. The molecule has 1 saturated heterocycles. The van der Waals surface area contributed by atoms with E-state index >= 15 is 0 Å². The van der Waals surface area contributed by atoms with Crippen molar-refractivity contribution in [3.05, 3.63) is 0 Å². The molecule has 114 valence electrons. The number of piperazine rings is 1. The zero-order valence-corrected chi connectivity index (χ0v) is 12.5. The summed E-state index contributed by atoms with van der Waals surface area (Å²) in [7, 11) is 0. The Hall–Kier alpha value is -1.13. The van der Waals surface area contributed by atoms with Crippen LogP contribution in [-0.4, -0.2) is 41.5 Å². The first-order chi connectivity index (χ1) is 9.53. The largest absolute Gasteiger partial charge is 0.340 e. The first kappa shape index (κ1) is 15.3. The Morgan fingerprint density at radius 1 is 1.30 bits per heavy atom. The van der Waals surface area contributed by atoms with Gasteiger partial charge in [0.2, 0.25) is 11.8 Å². The van der Waals surface area contributed by atoms with Crippen LogP contribution in [-0.2, 0) is 9.59 Å². The minimum atomic E-state index is -0.878. The molecule has 2 atom stereocenters. The third-order valence-electron chi connectivity index (χ3n) is 4.87. The van der Waals surface area contributed by atoms with Crippen LogP contribution in [0.15, 0.2) is 0 Å². The van der Waals surface area contributed by atoms with Crippen molar-refractivity contribution in [3.8, 4) is 0 Å². The molecule has 2 aliphatic rings. The quantitative estimate of drug-likeness (QED) is 0.859. The van der Waals surface area contributed by atoms with Gasteiger partial charge in [-0.05, 0) is 32.1 Å². The summed E-state index contributed by atoms with van der Waals surface area (Å²) in [6, 6.07) is -0.474. The van der Waals surface area contributed by atoms with E-state index in [0.717, 1.165) is 25.7 Å². The molecule has 0 aromatic heterocycles. The van der Waals surface area contributed by atoms with Gasteiger partial charge in [0.15, 0.2) is 0 Å². The van der Waals surface area contributed by atoms with Crippen molar-refractivity contribution in [2.45, 2.75) is 64.0 Å². The molecule has 1 aliphatic heterocycles. The number of alkyl halides is 1. The number of carbonyl (C=O) groups is 2. The molecular formula is C15H25FN2O2.